The van der Waals surface area contributed by atoms with Crippen molar-refractivity contribution in [2.24, 2.45) is 11.8 Å². The zero-order valence-electron chi connectivity index (χ0n) is 12.1. The number of benzene rings is 1. The maximum absolute atomic E-state index is 11.2. The Hall–Kier alpha value is -1.17. The van der Waals surface area contributed by atoms with Crippen LogP contribution in [0.1, 0.15) is 18.9 Å². The Morgan fingerprint density at radius 3 is 3.00 bits per heavy atom. The van der Waals surface area contributed by atoms with Crippen LogP contribution in [0.4, 0.5) is 5.69 Å². The van der Waals surface area contributed by atoms with E-state index in [1.165, 1.54) is 0 Å². The van der Waals surface area contributed by atoms with E-state index in [1.807, 2.05) is 0 Å². The van der Waals surface area contributed by atoms with Gasteiger partial charge in [-0.15, -0.1) is 0 Å². The highest BCUT2D eigenvalue weighted by molar-refractivity contribution is 6.31. The van der Waals surface area contributed by atoms with Crippen molar-refractivity contribution in [3.05, 3.63) is 38.9 Å². The molecule has 6 heteroatoms. The molecule has 0 amide bonds. The number of hydrogen-bond donors (Lipinski definition) is 1. The number of nitrogens with one attached hydrogen (secondary N) is 1. The Labute approximate surface area is 129 Å². The molecule has 1 N–H and O–H groups in total. The molecule has 2 fully saturated rings. The van der Waals surface area contributed by atoms with E-state index in [4.69, 9.17) is 11.6 Å². The van der Waals surface area contributed by atoms with E-state index in [0.29, 0.717) is 35.0 Å². The first-order valence-corrected chi connectivity index (χ1v) is 7.86. The lowest BCUT2D eigenvalue weighted by atomic mass is 9.93. The first-order chi connectivity index (χ1) is 10.1. The van der Waals surface area contributed by atoms with Crippen LogP contribution >= 0.6 is 11.6 Å². The molecule has 2 aliphatic rings. The van der Waals surface area contributed by atoms with Crippen molar-refractivity contribution in [1.29, 1.82) is 0 Å². The van der Waals surface area contributed by atoms with Gasteiger partial charge in [0, 0.05) is 25.2 Å². The van der Waals surface area contributed by atoms with Crippen LogP contribution in [0.5, 0.6) is 0 Å². The lowest BCUT2D eigenvalue weighted by Gasteiger charge is -2.27. The molecule has 2 aliphatic heterocycles. The Bertz CT molecular complexity index is 552. The molecule has 0 spiro atoms. The summed E-state index contributed by atoms with van der Waals surface area (Å²) in [4.78, 5) is 13.3. The van der Waals surface area contributed by atoms with Gasteiger partial charge in [-0.05, 0) is 37.4 Å². The molecule has 2 saturated heterocycles. The molecule has 3 atom stereocenters. The summed E-state index contributed by atoms with van der Waals surface area (Å²) in [5.74, 6) is 1.33. The summed E-state index contributed by atoms with van der Waals surface area (Å²) in [6.07, 6.45) is 1.07. The summed E-state index contributed by atoms with van der Waals surface area (Å²) in [7, 11) is 0. The van der Waals surface area contributed by atoms with Gasteiger partial charge in [0.2, 0.25) is 0 Å². The van der Waals surface area contributed by atoms with Crippen molar-refractivity contribution in [2.45, 2.75) is 25.9 Å². The van der Waals surface area contributed by atoms with E-state index in [-0.39, 0.29) is 10.6 Å². The average molecular weight is 310 g/mol. The molecule has 0 bridgehead atoms. The van der Waals surface area contributed by atoms with Gasteiger partial charge in [0.1, 0.15) is 0 Å². The Morgan fingerprint density at radius 1 is 1.48 bits per heavy atom. The molecule has 1 aromatic rings. The molecule has 3 rings (SSSR count). The molecule has 0 saturated carbocycles. The second-order valence-electron chi connectivity index (χ2n) is 5.98. The number of hydrogen-bond acceptors (Lipinski definition) is 4. The fourth-order valence-corrected chi connectivity index (χ4v) is 4.16. The number of nitrogens with zero attached hydrogens (tertiary/aromatic N) is 2. The van der Waals surface area contributed by atoms with Gasteiger partial charge in [0.25, 0.3) is 5.69 Å². The molecular formula is C15H20ClN3O2. The zero-order valence-corrected chi connectivity index (χ0v) is 12.8. The minimum atomic E-state index is -0.333. The predicted molar refractivity (Wildman–Crippen MR) is 82.4 cm³/mol. The maximum atomic E-state index is 11.2. The Kier molecular flexibility index (Phi) is 4.15. The predicted octanol–water partition coefficient (Wildman–Crippen LogP) is 2.68. The molecule has 3 unspecified atom stereocenters. The molecule has 21 heavy (non-hydrogen) atoms. The summed E-state index contributed by atoms with van der Waals surface area (Å²) in [5, 5.41) is 15.2. The van der Waals surface area contributed by atoms with E-state index in [2.05, 4.69) is 17.1 Å². The second kappa shape index (κ2) is 5.91. The normalized spacial score (nSPS) is 28.8. The molecular weight excluding hydrogens is 290 g/mol. The first-order valence-electron chi connectivity index (χ1n) is 7.48. The van der Waals surface area contributed by atoms with Crippen molar-refractivity contribution < 1.29 is 4.92 Å². The molecule has 2 heterocycles. The number of likely N-dealkylation sites (tertiary alicyclic amines) is 1. The number of halogens is 1. The van der Waals surface area contributed by atoms with Crippen LogP contribution < -0.4 is 5.32 Å². The Balaban J connectivity index is 1.85. The van der Waals surface area contributed by atoms with Gasteiger partial charge < -0.3 is 5.32 Å². The highest BCUT2D eigenvalue weighted by atomic mass is 35.5. The third-order valence-corrected chi connectivity index (χ3v) is 5.25. The highest BCUT2D eigenvalue weighted by Crippen LogP contribution is 2.37. The third kappa shape index (κ3) is 2.65. The van der Waals surface area contributed by atoms with Crippen LogP contribution in [0.25, 0.3) is 0 Å². The highest BCUT2D eigenvalue weighted by Gasteiger charge is 2.43. The van der Waals surface area contributed by atoms with Crippen molar-refractivity contribution in [1.82, 2.24) is 10.2 Å². The maximum Gasteiger partial charge on any atom is 0.275 e. The largest absolute Gasteiger partial charge is 0.316 e. The summed E-state index contributed by atoms with van der Waals surface area (Å²) in [5.41, 5.74) is 0.781. The molecule has 0 aromatic heterocycles. The average Bonchev–Trinajstić information content (AvgIpc) is 3.00. The number of fused-ring (bicyclic) bond motifs is 1. The first kappa shape index (κ1) is 14.8. The summed E-state index contributed by atoms with van der Waals surface area (Å²) in [6.45, 7) is 5.88. The smallest absolute Gasteiger partial charge is 0.275 e. The molecule has 114 valence electrons. The van der Waals surface area contributed by atoms with E-state index in [1.54, 1.807) is 18.2 Å². The van der Waals surface area contributed by atoms with Gasteiger partial charge in [0.05, 0.1) is 15.5 Å². The fraction of sp³-hybridized carbons (Fsp3) is 0.600. The van der Waals surface area contributed by atoms with Crippen LogP contribution in [0.2, 0.25) is 5.02 Å². The van der Waals surface area contributed by atoms with Crippen LogP contribution in [0, 0.1) is 22.0 Å². The SMILES string of the molecule is CCC1C2CNCC2CN1Cc1c(Cl)cccc1[N+](=O)[O-]. The standard InChI is InChI=1S/C15H20ClN3O2/c1-2-14-11-7-17-6-10(11)8-18(14)9-12-13(16)4-3-5-15(12)19(20)21/h3-5,10-11,14,17H,2,6-9H2,1H3. The molecule has 5 nitrogen and oxygen atoms in total. The van der Waals surface area contributed by atoms with Crippen molar-refractivity contribution in [3.63, 3.8) is 0 Å². The van der Waals surface area contributed by atoms with Gasteiger partial charge in [-0.3, -0.25) is 15.0 Å². The molecule has 0 aliphatic carbocycles. The zero-order chi connectivity index (χ0) is 15.0. The van der Waals surface area contributed by atoms with Gasteiger partial charge in [-0.1, -0.05) is 24.6 Å². The topological polar surface area (TPSA) is 58.4 Å². The van der Waals surface area contributed by atoms with Gasteiger partial charge in [-0.2, -0.15) is 0 Å². The summed E-state index contributed by atoms with van der Waals surface area (Å²) < 4.78 is 0. The van der Waals surface area contributed by atoms with Gasteiger partial charge in [-0.25, -0.2) is 0 Å². The number of nitro benzene ring substituents is 1. The Morgan fingerprint density at radius 2 is 2.29 bits per heavy atom. The van der Waals surface area contributed by atoms with E-state index >= 15 is 0 Å². The summed E-state index contributed by atoms with van der Waals surface area (Å²) in [6, 6.07) is 5.41. The third-order valence-electron chi connectivity index (χ3n) is 4.89. The van der Waals surface area contributed by atoms with Crippen LogP contribution in [-0.4, -0.2) is 35.5 Å². The number of rotatable bonds is 4. The second-order valence-corrected chi connectivity index (χ2v) is 6.39. The van der Waals surface area contributed by atoms with Crippen molar-refractivity contribution in [2.75, 3.05) is 19.6 Å². The van der Waals surface area contributed by atoms with Gasteiger partial charge >= 0.3 is 0 Å². The molecule has 1 aromatic carbocycles. The quantitative estimate of drug-likeness (QED) is 0.686. The lowest BCUT2D eigenvalue weighted by molar-refractivity contribution is -0.385. The van der Waals surface area contributed by atoms with Gasteiger partial charge in [0.15, 0.2) is 0 Å². The minimum absolute atomic E-state index is 0.132. The minimum Gasteiger partial charge on any atom is -0.316 e. The number of nitro groups is 1. The monoisotopic (exact) mass is 309 g/mol. The van der Waals surface area contributed by atoms with E-state index in [0.717, 1.165) is 26.1 Å². The van der Waals surface area contributed by atoms with Crippen molar-refractivity contribution >= 4 is 17.3 Å². The van der Waals surface area contributed by atoms with E-state index in [9.17, 15) is 10.1 Å². The van der Waals surface area contributed by atoms with Crippen LogP contribution in [-0.2, 0) is 6.54 Å². The lowest BCUT2D eigenvalue weighted by Crippen LogP contribution is -2.34. The van der Waals surface area contributed by atoms with Crippen LogP contribution in [0.3, 0.4) is 0 Å². The molecule has 0 radical (unpaired) electrons. The summed E-state index contributed by atoms with van der Waals surface area (Å²) >= 11 is 6.22. The van der Waals surface area contributed by atoms with Crippen LogP contribution in [0.15, 0.2) is 18.2 Å². The van der Waals surface area contributed by atoms with E-state index < -0.39 is 0 Å². The fourth-order valence-electron chi connectivity index (χ4n) is 3.93. The van der Waals surface area contributed by atoms with Crippen molar-refractivity contribution in [3.8, 4) is 0 Å².